The predicted octanol–water partition coefficient (Wildman–Crippen LogP) is 4.07. The van der Waals surface area contributed by atoms with Crippen molar-refractivity contribution >= 4 is 18.8 Å². The molecule has 0 radical (unpaired) electrons. The van der Waals surface area contributed by atoms with Gasteiger partial charge < -0.3 is 19.9 Å². The van der Waals surface area contributed by atoms with Crippen LogP contribution in [0.25, 0.3) is 11.6 Å². The average Bonchev–Trinajstić information content (AvgIpc) is 2.72. The summed E-state index contributed by atoms with van der Waals surface area (Å²) in [5.74, 6) is 0.236. The van der Waals surface area contributed by atoms with Crippen molar-refractivity contribution in [2.24, 2.45) is 0 Å². The molecular formula is C23H25BO4. The summed E-state index contributed by atoms with van der Waals surface area (Å²) >= 11 is 0. The molecule has 0 fully saturated rings. The van der Waals surface area contributed by atoms with E-state index in [1.165, 1.54) is 0 Å². The van der Waals surface area contributed by atoms with Gasteiger partial charge in [0.25, 0.3) is 0 Å². The van der Waals surface area contributed by atoms with Crippen molar-refractivity contribution in [3.63, 3.8) is 0 Å². The number of aromatic hydroxyl groups is 1. The lowest BCUT2D eigenvalue weighted by Gasteiger charge is -2.28. The lowest BCUT2D eigenvalue weighted by atomic mass is 9.78. The van der Waals surface area contributed by atoms with E-state index in [2.05, 4.69) is 24.8 Å². The van der Waals surface area contributed by atoms with Crippen LogP contribution in [0.3, 0.4) is 0 Å². The van der Waals surface area contributed by atoms with E-state index in [1.807, 2.05) is 36.4 Å². The molecule has 0 spiro atoms. The Morgan fingerprint density at radius 3 is 2.54 bits per heavy atom. The lowest BCUT2D eigenvalue weighted by Crippen LogP contribution is -2.32. The van der Waals surface area contributed by atoms with Gasteiger partial charge in [-0.3, -0.25) is 0 Å². The molecule has 4 nitrogen and oxygen atoms in total. The van der Waals surface area contributed by atoms with E-state index in [-0.39, 0.29) is 18.5 Å². The largest absolute Gasteiger partial charge is 0.508 e. The van der Waals surface area contributed by atoms with Crippen molar-refractivity contribution in [3.8, 4) is 5.75 Å². The van der Waals surface area contributed by atoms with Gasteiger partial charge in [-0.25, -0.2) is 0 Å². The van der Waals surface area contributed by atoms with Crippen LogP contribution in [0.1, 0.15) is 24.0 Å². The van der Waals surface area contributed by atoms with Crippen LogP contribution in [0.5, 0.6) is 5.75 Å². The molecule has 5 heteroatoms. The van der Waals surface area contributed by atoms with Crippen LogP contribution in [0.4, 0.5) is 0 Å². The van der Waals surface area contributed by atoms with Crippen LogP contribution in [-0.2, 0) is 4.65 Å². The van der Waals surface area contributed by atoms with Crippen LogP contribution < -0.4 is 0 Å². The van der Waals surface area contributed by atoms with Gasteiger partial charge in [-0.15, -0.1) is 0 Å². The van der Waals surface area contributed by atoms with Gasteiger partial charge in [-0.05, 0) is 52.8 Å². The first-order chi connectivity index (χ1) is 13.6. The molecule has 1 unspecified atom stereocenters. The number of allylic oxidation sites excluding steroid dienone is 2. The summed E-state index contributed by atoms with van der Waals surface area (Å²) in [6, 6.07) is 17.2. The number of aliphatic hydroxyl groups excluding tert-OH is 1. The Morgan fingerprint density at radius 2 is 1.86 bits per heavy atom. The van der Waals surface area contributed by atoms with Crippen molar-refractivity contribution < 1.29 is 19.9 Å². The Labute approximate surface area is 166 Å². The van der Waals surface area contributed by atoms with Gasteiger partial charge in [0.05, 0.1) is 12.7 Å². The molecule has 1 heterocycles. The SMILES string of the molecule is C=C(CO)C1=CCB(O)OC1CC/C(=C/c1ccc(O)cc1)c1ccccc1. The zero-order chi connectivity index (χ0) is 19.9. The second-order valence-electron chi connectivity index (χ2n) is 6.90. The van der Waals surface area contributed by atoms with Crippen LogP contribution in [-0.4, -0.2) is 35.1 Å². The summed E-state index contributed by atoms with van der Waals surface area (Å²) < 4.78 is 5.73. The van der Waals surface area contributed by atoms with E-state index in [1.54, 1.807) is 12.1 Å². The zero-order valence-corrected chi connectivity index (χ0v) is 15.8. The number of rotatable bonds is 7. The van der Waals surface area contributed by atoms with Gasteiger partial charge in [-0.1, -0.05) is 61.2 Å². The van der Waals surface area contributed by atoms with Gasteiger partial charge in [0.15, 0.2) is 0 Å². The fourth-order valence-electron chi connectivity index (χ4n) is 3.37. The minimum atomic E-state index is -0.832. The van der Waals surface area contributed by atoms with Gasteiger partial charge >= 0.3 is 7.12 Å². The molecule has 1 atom stereocenters. The van der Waals surface area contributed by atoms with E-state index in [4.69, 9.17) is 4.65 Å². The van der Waals surface area contributed by atoms with Crippen LogP contribution in [0, 0.1) is 0 Å². The monoisotopic (exact) mass is 376 g/mol. The average molecular weight is 376 g/mol. The molecule has 0 amide bonds. The van der Waals surface area contributed by atoms with Gasteiger partial charge in [0.1, 0.15) is 5.75 Å². The Balaban J connectivity index is 1.83. The standard InChI is InChI=1S/C23H25BO4/c1-17(16-25)22-13-14-24(27)28-23(22)12-9-20(19-5-3-2-4-6-19)15-18-7-10-21(26)11-8-18/h2-8,10-11,13,15,23,25-27H,1,9,12,14,16H2/b20-15-. The number of phenols is 1. The normalized spacial score (nSPS) is 17.4. The van der Waals surface area contributed by atoms with E-state index in [0.717, 1.165) is 28.7 Å². The van der Waals surface area contributed by atoms with Crippen molar-refractivity contribution in [2.45, 2.75) is 25.3 Å². The highest BCUT2D eigenvalue weighted by Crippen LogP contribution is 2.30. The molecule has 1 aliphatic rings. The highest BCUT2D eigenvalue weighted by atomic mass is 16.5. The molecule has 2 aromatic carbocycles. The predicted molar refractivity (Wildman–Crippen MR) is 114 cm³/mol. The molecule has 0 saturated carbocycles. The minimum Gasteiger partial charge on any atom is -0.508 e. The lowest BCUT2D eigenvalue weighted by molar-refractivity contribution is 0.182. The van der Waals surface area contributed by atoms with Crippen molar-refractivity contribution in [1.82, 2.24) is 0 Å². The minimum absolute atomic E-state index is 0.128. The third kappa shape index (κ3) is 5.23. The number of hydrogen-bond acceptors (Lipinski definition) is 4. The van der Waals surface area contributed by atoms with Crippen molar-refractivity contribution in [2.75, 3.05) is 6.61 Å². The summed E-state index contributed by atoms with van der Waals surface area (Å²) in [7, 11) is -0.832. The summed E-state index contributed by atoms with van der Waals surface area (Å²) in [4.78, 5) is 0. The molecule has 0 aliphatic carbocycles. The van der Waals surface area contributed by atoms with Crippen LogP contribution >= 0.6 is 0 Å². The molecule has 2 aromatic rings. The third-order valence-electron chi connectivity index (χ3n) is 4.86. The van der Waals surface area contributed by atoms with E-state index in [0.29, 0.717) is 18.3 Å². The molecule has 0 saturated heterocycles. The molecule has 28 heavy (non-hydrogen) atoms. The first-order valence-corrected chi connectivity index (χ1v) is 9.44. The van der Waals surface area contributed by atoms with Crippen LogP contribution in [0.15, 0.2) is 78.4 Å². The topological polar surface area (TPSA) is 69.9 Å². The summed E-state index contributed by atoms with van der Waals surface area (Å²) in [6.07, 6.45) is 5.47. The highest BCUT2D eigenvalue weighted by Gasteiger charge is 2.28. The molecule has 144 valence electrons. The third-order valence-corrected chi connectivity index (χ3v) is 4.86. The Morgan fingerprint density at radius 1 is 1.14 bits per heavy atom. The number of aliphatic hydroxyl groups is 1. The first-order valence-electron chi connectivity index (χ1n) is 9.44. The Bertz CT molecular complexity index is 856. The van der Waals surface area contributed by atoms with Gasteiger partial charge in [-0.2, -0.15) is 0 Å². The summed E-state index contributed by atoms with van der Waals surface area (Å²) in [5.41, 5.74) is 4.73. The van der Waals surface area contributed by atoms with Gasteiger partial charge in [0, 0.05) is 6.32 Å². The fourth-order valence-corrected chi connectivity index (χ4v) is 3.37. The number of phenolic OH excluding ortho intramolecular Hbond substituents is 1. The second kappa shape index (κ2) is 9.56. The first kappa shape index (κ1) is 20.1. The summed E-state index contributed by atoms with van der Waals surface area (Å²) in [5, 5.41) is 28.9. The molecule has 0 bridgehead atoms. The maximum Gasteiger partial charge on any atom is 0.458 e. The van der Waals surface area contributed by atoms with Crippen molar-refractivity contribution in [1.29, 1.82) is 0 Å². The van der Waals surface area contributed by atoms with E-state index < -0.39 is 7.12 Å². The molecule has 3 rings (SSSR count). The Kier molecular flexibility index (Phi) is 6.88. The number of benzene rings is 2. The number of hydrogen-bond donors (Lipinski definition) is 3. The highest BCUT2D eigenvalue weighted by molar-refractivity contribution is 6.43. The van der Waals surface area contributed by atoms with Gasteiger partial charge in [0.2, 0.25) is 0 Å². The maximum absolute atomic E-state index is 9.90. The molecular weight excluding hydrogens is 351 g/mol. The fraction of sp³-hybridized carbons (Fsp3) is 0.217. The smallest absolute Gasteiger partial charge is 0.458 e. The molecule has 3 N–H and O–H groups in total. The quantitative estimate of drug-likeness (QED) is 0.503. The summed E-state index contributed by atoms with van der Waals surface area (Å²) in [6.45, 7) is 3.79. The Hall–Kier alpha value is -2.60. The second-order valence-corrected chi connectivity index (χ2v) is 6.90. The van der Waals surface area contributed by atoms with E-state index >= 15 is 0 Å². The van der Waals surface area contributed by atoms with Crippen molar-refractivity contribution in [3.05, 3.63) is 89.5 Å². The van der Waals surface area contributed by atoms with E-state index in [9.17, 15) is 15.2 Å². The zero-order valence-electron chi connectivity index (χ0n) is 15.8. The molecule has 1 aliphatic heterocycles. The molecule has 0 aromatic heterocycles. The maximum atomic E-state index is 9.90. The van der Waals surface area contributed by atoms with Crippen LogP contribution in [0.2, 0.25) is 6.32 Å².